The maximum Gasteiger partial charge on any atom is 0.332 e. The van der Waals surface area contributed by atoms with Crippen molar-refractivity contribution in [3.05, 3.63) is 91.5 Å². The molecule has 0 radical (unpaired) electrons. The van der Waals surface area contributed by atoms with Gasteiger partial charge in [0.05, 0.1) is 35.8 Å². The van der Waals surface area contributed by atoms with Crippen LogP contribution in [-0.2, 0) is 20.1 Å². The van der Waals surface area contributed by atoms with E-state index >= 15 is 0 Å². The maximum absolute atomic E-state index is 14.2. The summed E-state index contributed by atoms with van der Waals surface area (Å²) in [4.78, 5) is 72.1. The lowest BCUT2D eigenvalue weighted by Crippen LogP contribution is -2.50. The summed E-state index contributed by atoms with van der Waals surface area (Å²) in [7, 11) is 1.59. The zero-order valence-electron chi connectivity index (χ0n) is 26.8. The Labute approximate surface area is 270 Å². The molecular formula is C35H34N8O4. The Morgan fingerprint density at radius 1 is 0.915 bits per heavy atom. The predicted molar refractivity (Wildman–Crippen MR) is 178 cm³/mol. The van der Waals surface area contributed by atoms with Gasteiger partial charge in [-0.1, -0.05) is 42.7 Å². The average Bonchev–Trinajstić information content (AvgIpc) is 3.56. The summed E-state index contributed by atoms with van der Waals surface area (Å²) in [5.41, 5.74) is 2.67. The largest absolute Gasteiger partial charge is 0.340 e. The molecule has 1 fully saturated rings. The van der Waals surface area contributed by atoms with Crippen LogP contribution in [0.15, 0.2) is 52.1 Å². The molecule has 12 heteroatoms. The second kappa shape index (κ2) is 11.7. The van der Waals surface area contributed by atoms with E-state index in [1.807, 2.05) is 56.0 Å². The molecule has 2 aromatic carbocycles. The van der Waals surface area contributed by atoms with Gasteiger partial charge >= 0.3 is 5.69 Å². The molecule has 12 nitrogen and oxygen atoms in total. The van der Waals surface area contributed by atoms with Crippen molar-refractivity contribution >= 4 is 39.8 Å². The first-order valence-corrected chi connectivity index (χ1v) is 15.8. The topological polar surface area (TPSA) is 128 Å². The fourth-order valence-corrected chi connectivity index (χ4v) is 6.71. The van der Waals surface area contributed by atoms with Crippen molar-refractivity contribution in [1.82, 2.24) is 33.6 Å². The molecule has 0 saturated carbocycles. The number of piperidine rings is 1. The second-order valence-electron chi connectivity index (χ2n) is 12.1. The number of carbonyl (C=O) groups is 2. The highest BCUT2D eigenvalue weighted by Gasteiger charge is 2.42. The minimum atomic E-state index is -0.536. The van der Waals surface area contributed by atoms with Gasteiger partial charge in [0.25, 0.3) is 17.4 Å². The zero-order valence-corrected chi connectivity index (χ0v) is 26.8. The van der Waals surface area contributed by atoms with Gasteiger partial charge in [0.1, 0.15) is 5.82 Å². The van der Waals surface area contributed by atoms with Crippen molar-refractivity contribution in [1.29, 1.82) is 0 Å². The Kier molecular flexibility index (Phi) is 7.47. The van der Waals surface area contributed by atoms with E-state index in [-0.39, 0.29) is 42.1 Å². The minimum Gasteiger partial charge on any atom is -0.340 e. The van der Waals surface area contributed by atoms with Gasteiger partial charge in [-0.2, -0.15) is 4.98 Å². The fourth-order valence-electron chi connectivity index (χ4n) is 6.71. The van der Waals surface area contributed by atoms with Gasteiger partial charge in [0.15, 0.2) is 11.2 Å². The molecule has 0 N–H and O–H groups in total. The third-order valence-corrected chi connectivity index (χ3v) is 9.01. The first-order chi connectivity index (χ1) is 22.7. The number of fused-ring (bicyclic) bond motifs is 3. The first-order valence-electron chi connectivity index (χ1n) is 15.8. The molecular weight excluding hydrogens is 596 g/mol. The van der Waals surface area contributed by atoms with Crippen LogP contribution in [0.4, 0.5) is 5.95 Å². The number of para-hydroxylation sites is 1. The van der Waals surface area contributed by atoms with Gasteiger partial charge in [-0.15, -0.1) is 5.92 Å². The van der Waals surface area contributed by atoms with Crippen LogP contribution in [-0.4, -0.2) is 64.5 Å². The number of hydrogen-bond acceptors (Lipinski definition) is 8. The lowest BCUT2D eigenvalue weighted by atomic mass is 10.0. The van der Waals surface area contributed by atoms with E-state index in [0.717, 1.165) is 26.7 Å². The summed E-state index contributed by atoms with van der Waals surface area (Å²) < 4.78 is 4.25. The Balaban J connectivity index is 1.30. The highest BCUT2D eigenvalue weighted by molar-refractivity contribution is 6.21. The van der Waals surface area contributed by atoms with E-state index in [9.17, 15) is 19.2 Å². The lowest BCUT2D eigenvalue weighted by molar-refractivity contribution is 0.0569. The number of benzene rings is 2. The number of carbonyl (C=O) groups excluding carboxylic acids is 2. The van der Waals surface area contributed by atoms with Crippen molar-refractivity contribution in [3.63, 3.8) is 0 Å². The SMILES string of the molecule is CCC#CCn1c(N2CCCC(N3C(=O)c4ccc(C)cc4C3=O)C2)nc2c1c(=O)n(Cc1nc(C)c3ccccc3n1)c(=O)n2C. The van der Waals surface area contributed by atoms with Crippen LogP contribution in [0, 0.1) is 25.7 Å². The first kappa shape index (κ1) is 30.1. The summed E-state index contributed by atoms with van der Waals surface area (Å²) in [5, 5.41) is 0.903. The van der Waals surface area contributed by atoms with Crippen LogP contribution < -0.4 is 16.1 Å². The number of aryl methyl sites for hydroxylation is 3. The van der Waals surface area contributed by atoms with Gasteiger partial charge in [-0.05, 0) is 44.9 Å². The summed E-state index contributed by atoms with van der Waals surface area (Å²) in [6.45, 7) is 6.70. The summed E-state index contributed by atoms with van der Waals surface area (Å²) >= 11 is 0. The van der Waals surface area contributed by atoms with E-state index in [1.54, 1.807) is 23.7 Å². The van der Waals surface area contributed by atoms with Crippen molar-refractivity contribution in [2.45, 2.75) is 59.2 Å². The lowest BCUT2D eigenvalue weighted by Gasteiger charge is -2.37. The van der Waals surface area contributed by atoms with Crippen molar-refractivity contribution in [2.24, 2.45) is 7.05 Å². The molecule has 1 atom stereocenters. The molecule has 0 bridgehead atoms. The molecule has 3 aromatic heterocycles. The maximum atomic E-state index is 14.2. The van der Waals surface area contributed by atoms with Gasteiger partial charge in [0.2, 0.25) is 5.95 Å². The molecule has 0 spiro atoms. The van der Waals surface area contributed by atoms with Gasteiger partial charge < -0.3 is 4.90 Å². The quantitative estimate of drug-likeness (QED) is 0.214. The Bertz CT molecular complexity index is 2300. The van der Waals surface area contributed by atoms with Crippen LogP contribution in [0.25, 0.3) is 22.1 Å². The molecule has 0 aliphatic carbocycles. The molecule has 5 heterocycles. The van der Waals surface area contributed by atoms with Crippen molar-refractivity contribution in [2.75, 3.05) is 18.0 Å². The molecule has 2 aliphatic heterocycles. The van der Waals surface area contributed by atoms with Crippen LogP contribution in [0.3, 0.4) is 0 Å². The molecule has 1 unspecified atom stereocenters. The second-order valence-corrected chi connectivity index (χ2v) is 12.1. The molecule has 7 rings (SSSR count). The summed E-state index contributed by atoms with van der Waals surface area (Å²) in [6.07, 6.45) is 1.98. The highest BCUT2D eigenvalue weighted by atomic mass is 16.2. The number of imide groups is 1. The third-order valence-electron chi connectivity index (χ3n) is 9.01. The Morgan fingerprint density at radius 3 is 2.51 bits per heavy atom. The normalized spacial score (nSPS) is 16.2. The number of amides is 2. The fraction of sp³-hybridized carbons (Fsp3) is 0.343. The van der Waals surface area contributed by atoms with Crippen LogP contribution in [0.2, 0.25) is 0 Å². The monoisotopic (exact) mass is 630 g/mol. The molecule has 238 valence electrons. The smallest absolute Gasteiger partial charge is 0.332 e. The van der Waals surface area contributed by atoms with Crippen molar-refractivity contribution in [3.8, 4) is 11.8 Å². The van der Waals surface area contributed by atoms with Crippen LogP contribution in [0.5, 0.6) is 0 Å². The Morgan fingerprint density at radius 2 is 1.70 bits per heavy atom. The number of anilines is 1. The van der Waals surface area contributed by atoms with E-state index in [0.29, 0.717) is 55.3 Å². The number of imidazole rings is 1. The number of rotatable bonds is 5. The zero-order chi connectivity index (χ0) is 33.0. The van der Waals surface area contributed by atoms with Gasteiger partial charge in [-0.25, -0.2) is 14.8 Å². The molecule has 5 aromatic rings. The molecule has 47 heavy (non-hydrogen) atoms. The molecule has 1 saturated heterocycles. The average molecular weight is 631 g/mol. The van der Waals surface area contributed by atoms with Crippen LogP contribution >= 0.6 is 0 Å². The molecule has 2 aliphatic rings. The number of aromatic nitrogens is 6. The molecule has 2 amide bonds. The predicted octanol–water partition coefficient (Wildman–Crippen LogP) is 3.18. The van der Waals surface area contributed by atoms with Gasteiger partial charge in [0, 0.05) is 37.6 Å². The summed E-state index contributed by atoms with van der Waals surface area (Å²) in [5.74, 6) is 6.43. The van der Waals surface area contributed by atoms with E-state index < -0.39 is 11.2 Å². The third kappa shape index (κ3) is 4.99. The minimum absolute atomic E-state index is 0.112. The van der Waals surface area contributed by atoms with E-state index in [2.05, 4.69) is 21.8 Å². The summed E-state index contributed by atoms with van der Waals surface area (Å²) in [6, 6.07) is 12.5. The standard InChI is InChI=1S/C35H34N8O4/c1-5-6-9-17-41-29-30(39(4)35(47)42(33(29)46)20-28-36-22(3)24-12-7-8-13-27(24)37-28)38-34(41)40-16-10-11-23(19-40)43-31(44)25-15-14-21(2)18-26(25)32(43)45/h7-8,12-15,18,23H,5,10-11,16-17,19-20H2,1-4H3. The van der Waals surface area contributed by atoms with Crippen molar-refractivity contribution < 1.29 is 9.59 Å². The van der Waals surface area contributed by atoms with Crippen LogP contribution in [0.1, 0.15) is 64.0 Å². The van der Waals surface area contributed by atoms with Gasteiger partial charge in [-0.3, -0.25) is 33.0 Å². The van der Waals surface area contributed by atoms with E-state index in [1.165, 1.54) is 9.47 Å². The Hall–Kier alpha value is -5.57. The number of hydrogen-bond donors (Lipinski definition) is 0. The van der Waals surface area contributed by atoms with E-state index in [4.69, 9.17) is 4.98 Å². The highest BCUT2D eigenvalue weighted by Crippen LogP contribution is 2.31. The number of nitrogens with zero attached hydrogens (tertiary/aromatic N) is 8.